The average Bonchev–Trinajstić information content (AvgIpc) is 2.91. The van der Waals surface area contributed by atoms with Crippen molar-refractivity contribution in [3.8, 4) is 0 Å². The van der Waals surface area contributed by atoms with Gasteiger partial charge in [0.2, 0.25) is 0 Å². The number of hydrogen-bond donors (Lipinski definition) is 0. The highest BCUT2D eigenvalue weighted by molar-refractivity contribution is 6.46. The van der Waals surface area contributed by atoms with Crippen molar-refractivity contribution in [2.75, 3.05) is 13.2 Å². The Bertz CT molecular complexity index is 381. The minimum absolute atomic E-state index is 0.0149. The normalized spacial score (nSPS) is 11.6. The van der Waals surface area contributed by atoms with Crippen LogP contribution in [0.25, 0.3) is 0 Å². The Hall–Kier alpha value is -0.0151. The first kappa shape index (κ1) is 38.0. The van der Waals surface area contributed by atoms with E-state index in [2.05, 4.69) is 27.7 Å². The molecule has 0 heterocycles. The zero-order valence-electron chi connectivity index (χ0n) is 27.2. The fourth-order valence-electron chi connectivity index (χ4n) is 5.43. The SMILES string of the molecule is CCCCCCCCCCCCCCCCOB(OCCCCCCCCCCCCCCCC)C(C)C. The van der Waals surface area contributed by atoms with Crippen molar-refractivity contribution < 1.29 is 9.31 Å². The van der Waals surface area contributed by atoms with Crippen molar-refractivity contribution in [2.45, 2.75) is 213 Å². The molecule has 0 aliphatic carbocycles. The maximum atomic E-state index is 6.11. The van der Waals surface area contributed by atoms with Gasteiger partial charge >= 0.3 is 7.12 Å². The van der Waals surface area contributed by atoms with E-state index in [0.29, 0.717) is 5.82 Å². The monoisotopic (exact) mass is 537 g/mol. The standard InChI is InChI=1S/C35H73BO2/c1-5-7-9-11-13-15-17-19-21-23-25-27-29-31-33-37-36(35(3)4)38-34-32-30-28-26-24-22-20-18-16-14-12-10-8-6-2/h35H,5-34H2,1-4H3. The van der Waals surface area contributed by atoms with Crippen molar-refractivity contribution in [3.05, 3.63) is 0 Å². The van der Waals surface area contributed by atoms with Gasteiger partial charge in [-0.15, -0.1) is 0 Å². The average molecular weight is 537 g/mol. The predicted molar refractivity (Wildman–Crippen MR) is 173 cm³/mol. The second-order valence-corrected chi connectivity index (χ2v) is 12.5. The van der Waals surface area contributed by atoms with E-state index in [1.165, 1.54) is 180 Å². The molecule has 0 spiro atoms. The van der Waals surface area contributed by atoms with Crippen LogP contribution >= 0.6 is 0 Å². The summed E-state index contributed by atoms with van der Waals surface area (Å²) in [4.78, 5) is 0. The zero-order valence-corrected chi connectivity index (χ0v) is 27.2. The Morgan fingerprint density at radius 3 is 0.763 bits per heavy atom. The lowest BCUT2D eigenvalue weighted by molar-refractivity contribution is 0.183. The van der Waals surface area contributed by atoms with Crippen LogP contribution in [0, 0.1) is 0 Å². The summed E-state index contributed by atoms with van der Waals surface area (Å²) < 4.78 is 12.2. The van der Waals surface area contributed by atoms with E-state index >= 15 is 0 Å². The minimum atomic E-state index is -0.0149. The van der Waals surface area contributed by atoms with Crippen LogP contribution in [0.4, 0.5) is 0 Å². The van der Waals surface area contributed by atoms with Crippen LogP contribution in [0.2, 0.25) is 5.82 Å². The van der Waals surface area contributed by atoms with Crippen LogP contribution < -0.4 is 0 Å². The highest BCUT2D eigenvalue weighted by Gasteiger charge is 2.22. The molecule has 228 valence electrons. The van der Waals surface area contributed by atoms with Gasteiger partial charge in [-0.05, 0) is 18.7 Å². The molecule has 0 aromatic heterocycles. The fourth-order valence-corrected chi connectivity index (χ4v) is 5.43. The second-order valence-electron chi connectivity index (χ2n) is 12.5. The lowest BCUT2D eigenvalue weighted by Crippen LogP contribution is -2.27. The molecule has 0 aliphatic rings. The summed E-state index contributed by atoms with van der Waals surface area (Å²) in [6.45, 7) is 10.8. The van der Waals surface area contributed by atoms with Gasteiger partial charge in [0, 0.05) is 13.2 Å². The first-order valence-corrected chi connectivity index (χ1v) is 18.0. The highest BCUT2D eigenvalue weighted by atomic mass is 16.6. The first-order chi connectivity index (χ1) is 18.7. The molecule has 0 unspecified atom stereocenters. The molecule has 0 radical (unpaired) electrons. The van der Waals surface area contributed by atoms with E-state index in [0.717, 1.165) is 13.2 Å². The van der Waals surface area contributed by atoms with Gasteiger partial charge in [-0.2, -0.15) is 0 Å². The lowest BCUT2D eigenvalue weighted by atomic mass is 9.74. The summed E-state index contributed by atoms with van der Waals surface area (Å²) >= 11 is 0. The Morgan fingerprint density at radius 2 is 0.553 bits per heavy atom. The van der Waals surface area contributed by atoms with E-state index in [1.807, 2.05) is 0 Å². The van der Waals surface area contributed by atoms with Gasteiger partial charge in [-0.3, -0.25) is 0 Å². The summed E-state index contributed by atoms with van der Waals surface area (Å²) in [6, 6.07) is 0. The fraction of sp³-hybridized carbons (Fsp3) is 1.00. The predicted octanol–water partition coefficient (Wildman–Crippen LogP) is 12.9. The van der Waals surface area contributed by atoms with Gasteiger partial charge in [0.15, 0.2) is 0 Å². The number of rotatable bonds is 33. The Balaban J connectivity index is 3.37. The van der Waals surface area contributed by atoms with E-state index < -0.39 is 0 Å². The van der Waals surface area contributed by atoms with Crippen molar-refractivity contribution in [2.24, 2.45) is 0 Å². The number of hydrogen-bond acceptors (Lipinski definition) is 2. The van der Waals surface area contributed by atoms with Crippen molar-refractivity contribution in [1.29, 1.82) is 0 Å². The number of unbranched alkanes of at least 4 members (excludes halogenated alkanes) is 26. The maximum Gasteiger partial charge on any atom is 0.459 e. The van der Waals surface area contributed by atoms with Crippen molar-refractivity contribution in [1.82, 2.24) is 0 Å². The van der Waals surface area contributed by atoms with Crippen LogP contribution in [-0.4, -0.2) is 20.3 Å². The Labute approximate surface area is 242 Å². The molecular weight excluding hydrogens is 463 g/mol. The molecule has 0 fully saturated rings. The van der Waals surface area contributed by atoms with Gasteiger partial charge in [0.05, 0.1) is 0 Å². The molecule has 0 saturated carbocycles. The van der Waals surface area contributed by atoms with Crippen LogP contribution in [0.1, 0.15) is 207 Å². The topological polar surface area (TPSA) is 18.5 Å². The molecule has 0 aromatic rings. The quantitative estimate of drug-likeness (QED) is 0.0613. The third-order valence-corrected chi connectivity index (χ3v) is 8.10. The van der Waals surface area contributed by atoms with Crippen LogP contribution in [0.3, 0.4) is 0 Å². The van der Waals surface area contributed by atoms with Gasteiger partial charge < -0.3 is 9.31 Å². The van der Waals surface area contributed by atoms with Gasteiger partial charge in [0.25, 0.3) is 0 Å². The summed E-state index contributed by atoms with van der Waals surface area (Å²) in [6.07, 6.45) is 39.3. The molecule has 0 amide bonds. The molecule has 0 N–H and O–H groups in total. The maximum absolute atomic E-state index is 6.11. The summed E-state index contributed by atoms with van der Waals surface area (Å²) in [5, 5.41) is 0. The zero-order chi connectivity index (χ0) is 27.8. The molecule has 0 bridgehead atoms. The molecule has 0 saturated heterocycles. The first-order valence-electron chi connectivity index (χ1n) is 18.0. The molecule has 3 heteroatoms. The van der Waals surface area contributed by atoms with E-state index in [1.54, 1.807) is 0 Å². The smallest absolute Gasteiger partial charge is 0.411 e. The molecule has 38 heavy (non-hydrogen) atoms. The molecule has 0 aromatic carbocycles. The second kappa shape index (κ2) is 33.2. The van der Waals surface area contributed by atoms with E-state index in [9.17, 15) is 0 Å². The minimum Gasteiger partial charge on any atom is -0.411 e. The molecule has 0 aliphatic heterocycles. The van der Waals surface area contributed by atoms with Crippen molar-refractivity contribution in [3.63, 3.8) is 0 Å². The van der Waals surface area contributed by atoms with Crippen molar-refractivity contribution >= 4 is 7.12 Å². The molecule has 2 nitrogen and oxygen atoms in total. The third-order valence-electron chi connectivity index (χ3n) is 8.10. The van der Waals surface area contributed by atoms with Crippen LogP contribution in [0.15, 0.2) is 0 Å². The van der Waals surface area contributed by atoms with Gasteiger partial charge in [-0.1, -0.05) is 195 Å². The molecule has 0 atom stereocenters. The molecular formula is C35H73BO2. The van der Waals surface area contributed by atoms with E-state index in [-0.39, 0.29) is 7.12 Å². The summed E-state index contributed by atoms with van der Waals surface area (Å²) in [7, 11) is -0.0149. The highest BCUT2D eigenvalue weighted by Crippen LogP contribution is 2.16. The molecule has 0 rings (SSSR count). The Morgan fingerprint density at radius 1 is 0.342 bits per heavy atom. The summed E-state index contributed by atoms with van der Waals surface area (Å²) in [5.41, 5.74) is 0. The summed E-state index contributed by atoms with van der Waals surface area (Å²) in [5.74, 6) is 0.438. The van der Waals surface area contributed by atoms with E-state index in [4.69, 9.17) is 9.31 Å². The third kappa shape index (κ3) is 30.5. The largest absolute Gasteiger partial charge is 0.459 e. The lowest BCUT2D eigenvalue weighted by Gasteiger charge is -2.17. The van der Waals surface area contributed by atoms with Crippen LogP contribution in [0.5, 0.6) is 0 Å². The van der Waals surface area contributed by atoms with Gasteiger partial charge in [0.1, 0.15) is 0 Å². The Kier molecular flexibility index (Phi) is 33.2. The van der Waals surface area contributed by atoms with Crippen LogP contribution in [-0.2, 0) is 9.31 Å². The van der Waals surface area contributed by atoms with Gasteiger partial charge in [-0.25, -0.2) is 0 Å².